The normalized spacial score (nSPS) is 21.2. The van der Waals surface area contributed by atoms with Crippen LogP contribution in [-0.4, -0.2) is 31.3 Å². The molecule has 0 spiro atoms. The van der Waals surface area contributed by atoms with Crippen LogP contribution in [-0.2, 0) is 4.74 Å². The Morgan fingerprint density at radius 1 is 1.33 bits per heavy atom. The molecule has 0 aromatic carbocycles. The lowest BCUT2D eigenvalue weighted by molar-refractivity contribution is 0.0526. The molecule has 106 valence electrons. The molecular weight excluding hydrogens is 228 g/mol. The molecule has 1 atom stereocenters. The highest BCUT2D eigenvalue weighted by atomic mass is 16.6. The van der Waals surface area contributed by atoms with Crippen LogP contribution in [0, 0.1) is 5.92 Å². The van der Waals surface area contributed by atoms with Gasteiger partial charge in [-0.2, -0.15) is 0 Å². The quantitative estimate of drug-likeness (QED) is 0.760. The number of hydrogen-bond donors (Lipinski definition) is 2. The van der Waals surface area contributed by atoms with E-state index in [9.17, 15) is 4.79 Å². The molecule has 1 saturated heterocycles. The van der Waals surface area contributed by atoms with Gasteiger partial charge in [0.25, 0.3) is 0 Å². The Morgan fingerprint density at radius 3 is 2.83 bits per heavy atom. The van der Waals surface area contributed by atoms with Gasteiger partial charge in [-0.3, -0.25) is 0 Å². The third-order valence-corrected chi connectivity index (χ3v) is 3.15. The van der Waals surface area contributed by atoms with Gasteiger partial charge in [0.1, 0.15) is 5.60 Å². The monoisotopic (exact) mass is 256 g/mol. The SMILES string of the molecule is CC(C)(C)OC(=O)NCCCC1CCCNCC1. The fraction of sp³-hybridized carbons (Fsp3) is 0.929. The van der Waals surface area contributed by atoms with Crippen LogP contribution in [0.2, 0.25) is 0 Å². The molecule has 0 aromatic rings. The lowest BCUT2D eigenvalue weighted by atomic mass is 9.95. The highest BCUT2D eigenvalue weighted by Gasteiger charge is 2.16. The van der Waals surface area contributed by atoms with Crippen LogP contribution in [0.25, 0.3) is 0 Å². The minimum Gasteiger partial charge on any atom is -0.444 e. The second-order valence-electron chi connectivity index (χ2n) is 6.12. The number of carbonyl (C=O) groups excluding carboxylic acids is 1. The van der Waals surface area contributed by atoms with Crippen molar-refractivity contribution in [3.8, 4) is 0 Å². The summed E-state index contributed by atoms with van der Waals surface area (Å²) in [6.07, 6.45) is 5.82. The van der Waals surface area contributed by atoms with E-state index in [-0.39, 0.29) is 6.09 Å². The van der Waals surface area contributed by atoms with Crippen LogP contribution in [0.3, 0.4) is 0 Å². The summed E-state index contributed by atoms with van der Waals surface area (Å²) in [7, 11) is 0. The molecular formula is C14H28N2O2. The van der Waals surface area contributed by atoms with E-state index in [1.165, 1.54) is 25.7 Å². The molecule has 18 heavy (non-hydrogen) atoms. The Labute approximate surface area is 111 Å². The summed E-state index contributed by atoms with van der Waals surface area (Å²) in [4.78, 5) is 11.4. The molecule has 1 aliphatic heterocycles. The van der Waals surface area contributed by atoms with Crippen LogP contribution >= 0.6 is 0 Å². The van der Waals surface area contributed by atoms with Crippen LogP contribution in [0.5, 0.6) is 0 Å². The maximum absolute atomic E-state index is 11.4. The fourth-order valence-corrected chi connectivity index (χ4v) is 2.28. The summed E-state index contributed by atoms with van der Waals surface area (Å²) in [6.45, 7) is 8.66. The van der Waals surface area contributed by atoms with Crippen LogP contribution in [0.4, 0.5) is 4.79 Å². The van der Waals surface area contributed by atoms with Crippen molar-refractivity contribution in [3.05, 3.63) is 0 Å². The van der Waals surface area contributed by atoms with Gasteiger partial charge in [-0.15, -0.1) is 0 Å². The largest absolute Gasteiger partial charge is 0.444 e. The van der Waals surface area contributed by atoms with E-state index in [0.717, 1.165) is 32.0 Å². The van der Waals surface area contributed by atoms with E-state index < -0.39 is 5.60 Å². The second-order valence-corrected chi connectivity index (χ2v) is 6.12. The van der Waals surface area contributed by atoms with E-state index in [1.54, 1.807) is 0 Å². The molecule has 4 heteroatoms. The van der Waals surface area contributed by atoms with Crippen molar-refractivity contribution < 1.29 is 9.53 Å². The number of hydrogen-bond acceptors (Lipinski definition) is 3. The number of ether oxygens (including phenoxy) is 1. The molecule has 0 aliphatic carbocycles. The molecule has 1 aliphatic rings. The van der Waals surface area contributed by atoms with Crippen LogP contribution < -0.4 is 10.6 Å². The second kappa shape index (κ2) is 7.62. The molecule has 2 N–H and O–H groups in total. The van der Waals surface area contributed by atoms with Crippen molar-refractivity contribution in [3.63, 3.8) is 0 Å². The molecule has 1 rings (SSSR count). The van der Waals surface area contributed by atoms with Crippen LogP contribution in [0.1, 0.15) is 52.9 Å². The summed E-state index contributed by atoms with van der Waals surface area (Å²) in [5.74, 6) is 0.820. The molecule has 4 nitrogen and oxygen atoms in total. The molecule has 1 unspecified atom stereocenters. The minimum atomic E-state index is -0.406. The van der Waals surface area contributed by atoms with E-state index in [0.29, 0.717) is 0 Å². The van der Waals surface area contributed by atoms with Gasteiger partial charge < -0.3 is 15.4 Å². The third-order valence-electron chi connectivity index (χ3n) is 3.15. The summed E-state index contributed by atoms with van der Waals surface area (Å²) < 4.78 is 5.19. The van der Waals surface area contributed by atoms with Gasteiger partial charge in [0, 0.05) is 6.54 Å². The Hall–Kier alpha value is -0.770. The Balaban J connectivity index is 2.05. The lowest BCUT2D eigenvalue weighted by Crippen LogP contribution is -2.33. The predicted molar refractivity (Wildman–Crippen MR) is 73.7 cm³/mol. The average Bonchev–Trinajstić information content (AvgIpc) is 2.50. The number of alkyl carbamates (subject to hydrolysis) is 1. The molecule has 0 aromatic heterocycles. The van der Waals surface area contributed by atoms with Gasteiger partial charge in [-0.05, 0) is 71.9 Å². The zero-order chi connectivity index (χ0) is 13.4. The first kappa shape index (κ1) is 15.3. The first-order chi connectivity index (χ1) is 8.47. The summed E-state index contributed by atoms with van der Waals surface area (Å²) in [5, 5.41) is 6.24. The Bertz CT molecular complexity index is 241. The molecule has 0 bridgehead atoms. The smallest absolute Gasteiger partial charge is 0.407 e. The van der Waals surface area contributed by atoms with E-state index in [4.69, 9.17) is 4.74 Å². The maximum Gasteiger partial charge on any atom is 0.407 e. The van der Waals surface area contributed by atoms with E-state index in [2.05, 4.69) is 10.6 Å². The number of carbonyl (C=O) groups is 1. The van der Waals surface area contributed by atoms with Crippen molar-refractivity contribution in [2.75, 3.05) is 19.6 Å². The molecule has 1 amide bonds. The zero-order valence-electron chi connectivity index (χ0n) is 12.1. The average molecular weight is 256 g/mol. The number of rotatable bonds is 4. The third kappa shape index (κ3) is 7.54. The topological polar surface area (TPSA) is 50.4 Å². The van der Waals surface area contributed by atoms with E-state index >= 15 is 0 Å². The summed E-state index contributed by atoms with van der Waals surface area (Å²) in [6, 6.07) is 0. The lowest BCUT2D eigenvalue weighted by Gasteiger charge is -2.20. The van der Waals surface area contributed by atoms with Gasteiger partial charge in [-0.1, -0.05) is 0 Å². The zero-order valence-corrected chi connectivity index (χ0v) is 12.1. The van der Waals surface area contributed by atoms with Crippen molar-refractivity contribution >= 4 is 6.09 Å². The number of amides is 1. The highest BCUT2D eigenvalue weighted by molar-refractivity contribution is 5.67. The predicted octanol–water partition coefficient (Wildman–Crippen LogP) is 2.68. The Kier molecular flexibility index (Phi) is 6.47. The van der Waals surface area contributed by atoms with Crippen LogP contribution in [0.15, 0.2) is 0 Å². The molecule has 0 saturated carbocycles. The fourth-order valence-electron chi connectivity index (χ4n) is 2.28. The van der Waals surface area contributed by atoms with Crippen molar-refractivity contribution in [1.29, 1.82) is 0 Å². The summed E-state index contributed by atoms with van der Waals surface area (Å²) >= 11 is 0. The molecule has 1 heterocycles. The van der Waals surface area contributed by atoms with Gasteiger partial charge in [0.15, 0.2) is 0 Å². The van der Waals surface area contributed by atoms with Gasteiger partial charge in [0.2, 0.25) is 0 Å². The maximum atomic E-state index is 11.4. The van der Waals surface area contributed by atoms with E-state index in [1.807, 2.05) is 20.8 Å². The van der Waals surface area contributed by atoms with Crippen molar-refractivity contribution in [2.24, 2.45) is 5.92 Å². The van der Waals surface area contributed by atoms with Gasteiger partial charge in [0.05, 0.1) is 0 Å². The number of nitrogens with one attached hydrogen (secondary N) is 2. The molecule has 1 fully saturated rings. The standard InChI is InChI=1S/C14H28N2O2/c1-14(2,3)18-13(17)16-10-5-7-12-6-4-9-15-11-8-12/h12,15H,4-11H2,1-3H3,(H,16,17). The van der Waals surface area contributed by atoms with Crippen molar-refractivity contribution in [1.82, 2.24) is 10.6 Å². The minimum absolute atomic E-state index is 0.301. The van der Waals surface area contributed by atoms with Gasteiger partial charge in [-0.25, -0.2) is 4.79 Å². The Morgan fingerprint density at radius 2 is 2.11 bits per heavy atom. The summed E-state index contributed by atoms with van der Waals surface area (Å²) in [5.41, 5.74) is -0.406. The van der Waals surface area contributed by atoms with Crippen molar-refractivity contribution in [2.45, 2.75) is 58.5 Å². The highest BCUT2D eigenvalue weighted by Crippen LogP contribution is 2.18. The molecule has 0 radical (unpaired) electrons. The first-order valence-electron chi connectivity index (χ1n) is 7.15. The van der Waals surface area contributed by atoms with Gasteiger partial charge >= 0.3 is 6.09 Å². The first-order valence-corrected chi connectivity index (χ1v) is 7.15.